The van der Waals surface area contributed by atoms with Crippen molar-refractivity contribution >= 4 is 17.5 Å². The summed E-state index contributed by atoms with van der Waals surface area (Å²) in [6.07, 6.45) is 3.77. The highest BCUT2D eigenvalue weighted by Gasteiger charge is 2.18. The number of halogens is 1. The van der Waals surface area contributed by atoms with Crippen molar-refractivity contribution in [2.45, 2.75) is 32.3 Å². The Balaban J connectivity index is 2.16. The van der Waals surface area contributed by atoms with Gasteiger partial charge in [-0.2, -0.15) is 0 Å². The van der Waals surface area contributed by atoms with E-state index in [1.165, 1.54) is 11.1 Å². The normalized spacial score (nSPS) is 12.0. The van der Waals surface area contributed by atoms with Crippen LogP contribution in [0.25, 0.3) is 0 Å². The fourth-order valence-corrected chi connectivity index (χ4v) is 2.73. The Bertz CT molecular complexity index is 676. The SMILES string of the molecule is C=CCN(Cc1cccn1Cc1cccc(C)c1)C(=O)[C@@H](C)Cl. The Morgan fingerprint density at radius 2 is 2.17 bits per heavy atom. The first-order valence-corrected chi connectivity index (χ1v) is 8.18. The van der Waals surface area contributed by atoms with Gasteiger partial charge in [0.15, 0.2) is 0 Å². The molecular weight excluding hydrogens is 308 g/mol. The van der Waals surface area contributed by atoms with Crippen molar-refractivity contribution in [2.75, 3.05) is 6.54 Å². The number of hydrogen-bond donors (Lipinski definition) is 0. The molecule has 0 unspecified atom stereocenters. The lowest BCUT2D eigenvalue weighted by molar-refractivity contribution is -0.130. The van der Waals surface area contributed by atoms with Crippen LogP contribution in [0.2, 0.25) is 0 Å². The molecule has 2 aromatic rings. The van der Waals surface area contributed by atoms with E-state index in [1.807, 2.05) is 18.3 Å². The second kappa shape index (κ2) is 8.02. The molecule has 1 atom stereocenters. The van der Waals surface area contributed by atoms with Crippen molar-refractivity contribution in [1.82, 2.24) is 9.47 Å². The van der Waals surface area contributed by atoms with Crippen LogP contribution < -0.4 is 0 Å². The summed E-state index contributed by atoms with van der Waals surface area (Å²) in [7, 11) is 0. The summed E-state index contributed by atoms with van der Waals surface area (Å²) in [6.45, 7) is 9.33. The number of amides is 1. The van der Waals surface area contributed by atoms with Crippen LogP contribution in [0.4, 0.5) is 0 Å². The summed E-state index contributed by atoms with van der Waals surface area (Å²) >= 11 is 5.95. The van der Waals surface area contributed by atoms with Crippen molar-refractivity contribution in [3.8, 4) is 0 Å². The van der Waals surface area contributed by atoms with Crippen molar-refractivity contribution in [2.24, 2.45) is 0 Å². The zero-order valence-corrected chi connectivity index (χ0v) is 14.5. The molecule has 0 bridgehead atoms. The molecule has 122 valence electrons. The molecule has 0 radical (unpaired) electrons. The molecule has 3 nitrogen and oxygen atoms in total. The summed E-state index contributed by atoms with van der Waals surface area (Å²) in [5, 5.41) is -0.532. The van der Waals surface area contributed by atoms with Crippen molar-refractivity contribution in [3.05, 3.63) is 72.1 Å². The Kier molecular flexibility index (Phi) is 6.05. The lowest BCUT2D eigenvalue weighted by Crippen LogP contribution is -2.36. The molecule has 1 amide bonds. The zero-order valence-electron chi connectivity index (χ0n) is 13.7. The molecule has 0 aliphatic rings. The molecule has 0 aliphatic heterocycles. The van der Waals surface area contributed by atoms with Gasteiger partial charge in [0.25, 0.3) is 0 Å². The number of nitrogens with zero attached hydrogens (tertiary/aromatic N) is 2. The molecule has 1 aromatic heterocycles. The van der Waals surface area contributed by atoms with E-state index in [0.717, 1.165) is 12.2 Å². The summed E-state index contributed by atoms with van der Waals surface area (Å²) in [6, 6.07) is 12.5. The third-order valence-corrected chi connectivity index (χ3v) is 3.90. The van der Waals surface area contributed by atoms with Gasteiger partial charge in [-0.05, 0) is 31.5 Å². The third kappa shape index (κ3) is 4.73. The number of benzene rings is 1. The topological polar surface area (TPSA) is 25.2 Å². The quantitative estimate of drug-likeness (QED) is 0.556. The molecule has 0 N–H and O–H groups in total. The minimum absolute atomic E-state index is 0.0742. The average Bonchev–Trinajstić information content (AvgIpc) is 2.93. The Morgan fingerprint density at radius 3 is 2.83 bits per heavy atom. The van der Waals surface area contributed by atoms with Crippen molar-refractivity contribution in [3.63, 3.8) is 0 Å². The standard InChI is InChI=1S/C19H23ClN2O/c1-4-10-22(19(23)16(3)20)14-18-9-6-11-21(18)13-17-8-5-7-15(2)12-17/h4-9,11-12,16H,1,10,13-14H2,2-3H3/t16-/m1/s1. The van der Waals surface area contributed by atoms with Gasteiger partial charge in [-0.25, -0.2) is 0 Å². The van der Waals surface area contributed by atoms with E-state index in [1.54, 1.807) is 17.9 Å². The van der Waals surface area contributed by atoms with Gasteiger partial charge in [0.2, 0.25) is 5.91 Å². The number of carbonyl (C=O) groups excluding carboxylic acids is 1. The maximum absolute atomic E-state index is 12.2. The first kappa shape index (κ1) is 17.4. The van der Waals surface area contributed by atoms with Crippen LogP contribution in [0.5, 0.6) is 0 Å². The van der Waals surface area contributed by atoms with Crippen molar-refractivity contribution in [1.29, 1.82) is 0 Å². The van der Waals surface area contributed by atoms with E-state index < -0.39 is 5.38 Å². The van der Waals surface area contributed by atoms with E-state index in [4.69, 9.17) is 11.6 Å². The van der Waals surface area contributed by atoms with Gasteiger partial charge >= 0.3 is 0 Å². The van der Waals surface area contributed by atoms with Crippen LogP contribution in [0, 0.1) is 6.92 Å². The van der Waals surface area contributed by atoms with Gasteiger partial charge in [-0.1, -0.05) is 35.9 Å². The lowest BCUT2D eigenvalue weighted by Gasteiger charge is -2.23. The maximum atomic E-state index is 12.2. The first-order chi connectivity index (χ1) is 11.0. The van der Waals surface area contributed by atoms with E-state index in [-0.39, 0.29) is 5.91 Å². The van der Waals surface area contributed by atoms with E-state index in [2.05, 4.69) is 42.3 Å². The molecule has 0 spiro atoms. The molecule has 0 fully saturated rings. The largest absolute Gasteiger partial charge is 0.345 e. The van der Waals surface area contributed by atoms with Gasteiger partial charge in [0, 0.05) is 25.0 Å². The second-order valence-corrected chi connectivity index (χ2v) is 6.39. The highest BCUT2D eigenvalue weighted by atomic mass is 35.5. The van der Waals surface area contributed by atoms with Gasteiger partial charge in [-0.3, -0.25) is 4.79 Å². The molecule has 4 heteroatoms. The van der Waals surface area contributed by atoms with Crippen LogP contribution in [-0.2, 0) is 17.9 Å². The number of carbonyl (C=O) groups is 1. The fraction of sp³-hybridized carbons (Fsp3) is 0.316. The molecule has 23 heavy (non-hydrogen) atoms. The number of alkyl halides is 1. The molecule has 0 saturated heterocycles. The minimum atomic E-state index is -0.532. The molecule has 0 aliphatic carbocycles. The number of aryl methyl sites for hydroxylation is 1. The molecule has 1 aromatic carbocycles. The zero-order chi connectivity index (χ0) is 16.8. The van der Waals surface area contributed by atoms with Crippen LogP contribution >= 0.6 is 11.6 Å². The lowest BCUT2D eigenvalue weighted by atomic mass is 10.1. The number of aromatic nitrogens is 1. The van der Waals surface area contributed by atoms with E-state index in [9.17, 15) is 4.79 Å². The molecule has 0 saturated carbocycles. The Hall–Kier alpha value is -2.00. The highest BCUT2D eigenvalue weighted by Crippen LogP contribution is 2.13. The maximum Gasteiger partial charge on any atom is 0.240 e. The first-order valence-electron chi connectivity index (χ1n) is 7.74. The van der Waals surface area contributed by atoms with Gasteiger partial charge < -0.3 is 9.47 Å². The molecule has 2 rings (SSSR count). The summed E-state index contributed by atoms with van der Waals surface area (Å²) in [5.41, 5.74) is 3.57. The molecule has 1 heterocycles. The van der Waals surface area contributed by atoms with Crippen LogP contribution in [0.1, 0.15) is 23.7 Å². The Morgan fingerprint density at radius 1 is 1.39 bits per heavy atom. The summed E-state index contributed by atoms with van der Waals surface area (Å²) in [4.78, 5) is 13.9. The van der Waals surface area contributed by atoms with Crippen LogP contribution in [0.3, 0.4) is 0 Å². The van der Waals surface area contributed by atoms with Crippen LogP contribution in [0.15, 0.2) is 55.3 Å². The van der Waals surface area contributed by atoms with E-state index >= 15 is 0 Å². The Labute approximate surface area is 143 Å². The minimum Gasteiger partial charge on any atom is -0.345 e. The average molecular weight is 331 g/mol. The predicted molar refractivity (Wildman–Crippen MR) is 95.6 cm³/mol. The number of rotatable bonds is 7. The van der Waals surface area contributed by atoms with Gasteiger partial charge in [0.05, 0.1) is 6.54 Å². The van der Waals surface area contributed by atoms with E-state index in [0.29, 0.717) is 13.1 Å². The fourth-order valence-electron chi connectivity index (χ4n) is 2.59. The van der Waals surface area contributed by atoms with Gasteiger partial charge in [0.1, 0.15) is 5.38 Å². The third-order valence-electron chi connectivity index (χ3n) is 3.71. The summed E-state index contributed by atoms with van der Waals surface area (Å²) in [5.74, 6) is -0.0742. The van der Waals surface area contributed by atoms with Gasteiger partial charge in [-0.15, -0.1) is 18.2 Å². The second-order valence-electron chi connectivity index (χ2n) is 5.74. The number of hydrogen-bond acceptors (Lipinski definition) is 1. The summed E-state index contributed by atoms with van der Waals surface area (Å²) < 4.78 is 2.16. The highest BCUT2D eigenvalue weighted by molar-refractivity contribution is 6.30. The molecular formula is C19H23ClN2O. The van der Waals surface area contributed by atoms with Crippen molar-refractivity contribution < 1.29 is 4.79 Å². The monoisotopic (exact) mass is 330 g/mol. The van der Waals surface area contributed by atoms with Crippen LogP contribution in [-0.4, -0.2) is 27.3 Å². The predicted octanol–water partition coefficient (Wildman–Crippen LogP) is 3.99. The smallest absolute Gasteiger partial charge is 0.240 e.